The number of hydrogen-bond acceptors (Lipinski definition) is 3. The number of carboxylic acids is 1. The maximum atomic E-state index is 10.7. The maximum Gasteiger partial charge on any atom is 0.307 e. The van der Waals surface area contributed by atoms with E-state index in [1.54, 1.807) is 6.92 Å². The molecule has 0 bridgehead atoms. The molecule has 0 saturated carbocycles. The molecule has 6 heteroatoms. The lowest BCUT2D eigenvalue weighted by molar-refractivity contribution is -0.141. The molecule has 0 fully saturated rings. The number of halogens is 2. The fourth-order valence-corrected chi connectivity index (χ4v) is 3.22. The van der Waals surface area contributed by atoms with Crippen LogP contribution in [0.4, 0.5) is 0 Å². The number of carboxylic acid groups (broad SMARTS) is 1. The van der Waals surface area contributed by atoms with E-state index in [9.17, 15) is 4.79 Å². The molecule has 1 aromatic heterocycles. The van der Waals surface area contributed by atoms with Gasteiger partial charge in [0.15, 0.2) is 0 Å². The van der Waals surface area contributed by atoms with Gasteiger partial charge in [-0.15, -0.1) is 11.3 Å². The van der Waals surface area contributed by atoms with E-state index in [1.807, 2.05) is 18.0 Å². The molecule has 1 atom stereocenters. The normalized spacial score (nSPS) is 13.1. The van der Waals surface area contributed by atoms with Gasteiger partial charge in [-0.3, -0.25) is 4.79 Å². The van der Waals surface area contributed by atoms with E-state index in [4.69, 9.17) is 16.7 Å². The fraction of sp³-hybridized carbons (Fsp3) is 0.500. The van der Waals surface area contributed by atoms with Crippen molar-refractivity contribution in [1.82, 2.24) is 4.90 Å². The first-order valence-corrected chi connectivity index (χ1v) is 6.74. The SMILES string of the molecule is CC(CN(C)Cc1cc(Br)c(Cl)s1)C(=O)O. The minimum Gasteiger partial charge on any atom is -0.481 e. The van der Waals surface area contributed by atoms with Crippen LogP contribution in [0.5, 0.6) is 0 Å². The second kappa shape index (κ2) is 6.00. The highest BCUT2D eigenvalue weighted by Gasteiger charge is 2.14. The highest BCUT2D eigenvalue weighted by atomic mass is 79.9. The quantitative estimate of drug-likeness (QED) is 0.902. The Labute approximate surface area is 112 Å². The molecule has 1 heterocycles. The molecule has 1 unspecified atom stereocenters. The van der Waals surface area contributed by atoms with Crippen LogP contribution in [-0.2, 0) is 11.3 Å². The highest BCUT2D eigenvalue weighted by Crippen LogP contribution is 2.32. The predicted molar refractivity (Wildman–Crippen MR) is 70.2 cm³/mol. The van der Waals surface area contributed by atoms with Gasteiger partial charge in [0.1, 0.15) is 4.34 Å². The highest BCUT2D eigenvalue weighted by molar-refractivity contribution is 9.10. The topological polar surface area (TPSA) is 40.5 Å². The van der Waals surface area contributed by atoms with E-state index < -0.39 is 5.97 Å². The molecular weight excluding hydrogens is 314 g/mol. The summed E-state index contributed by atoms with van der Waals surface area (Å²) < 4.78 is 1.63. The summed E-state index contributed by atoms with van der Waals surface area (Å²) in [6.45, 7) is 2.95. The van der Waals surface area contributed by atoms with Crippen molar-refractivity contribution in [1.29, 1.82) is 0 Å². The zero-order valence-corrected chi connectivity index (χ0v) is 12.2. The van der Waals surface area contributed by atoms with E-state index >= 15 is 0 Å². The molecule has 90 valence electrons. The summed E-state index contributed by atoms with van der Waals surface area (Å²) in [5.41, 5.74) is 0. The molecule has 0 radical (unpaired) electrons. The molecule has 0 spiro atoms. The summed E-state index contributed by atoms with van der Waals surface area (Å²) in [6.07, 6.45) is 0. The van der Waals surface area contributed by atoms with Gasteiger partial charge in [-0.25, -0.2) is 0 Å². The van der Waals surface area contributed by atoms with E-state index in [-0.39, 0.29) is 5.92 Å². The first kappa shape index (κ1) is 14.0. The Morgan fingerprint density at radius 1 is 1.75 bits per heavy atom. The Morgan fingerprint density at radius 3 is 2.81 bits per heavy atom. The molecule has 0 aliphatic heterocycles. The van der Waals surface area contributed by atoms with Crippen molar-refractivity contribution in [3.63, 3.8) is 0 Å². The molecule has 0 aromatic carbocycles. The van der Waals surface area contributed by atoms with Gasteiger partial charge in [-0.05, 0) is 29.0 Å². The first-order chi connectivity index (χ1) is 7.40. The summed E-state index contributed by atoms with van der Waals surface area (Å²) in [5.74, 6) is -1.12. The first-order valence-electron chi connectivity index (χ1n) is 4.75. The third-order valence-electron chi connectivity index (χ3n) is 2.13. The standard InChI is InChI=1S/C10H13BrClNO2S/c1-6(10(14)15)4-13(2)5-7-3-8(11)9(12)16-7/h3,6H,4-5H2,1-2H3,(H,14,15). The van der Waals surface area contributed by atoms with Gasteiger partial charge in [0.2, 0.25) is 0 Å². The summed E-state index contributed by atoms with van der Waals surface area (Å²) in [5, 5.41) is 8.79. The van der Waals surface area contributed by atoms with Gasteiger partial charge in [0, 0.05) is 22.4 Å². The average molecular weight is 327 g/mol. The second-order valence-electron chi connectivity index (χ2n) is 3.77. The van der Waals surface area contributed by atoms with Crippen molar-refractivity contribution >= 4 is 44.8 Å². The van der Waals surface area contributed by atoms with Crippen molar-refractivity contribution in [3.05, 3.63) is 19.8 Å². The predicted octanol–water partition coefficient (Wildman–Crippen LogP) is 3.32. The molecule has 16 heavy (non-hydrogen) atoms. The molecule has 1 rings (SSSR count). The van der Waals surface area contributed by atoms with E-state index in [0.29, 0.717) is 13.1 Å². The second-order valence-corrected chi connectivity index (χ2v) is 6.36. The molecule has 0 aliphatic carbocycles. The third-order valence-corrected chi connectivity index (χ3v) is 4.59. The summed E-state index contributed by atoms with van der Waals surface area (Å²) in [4.78, 5) is 13.8. The van der Waals surface area contributed by atoms with Crippen molar-refractivity contribution in [2.45, 2.75) is 13.5 Å². The molecule has 3 nitrogen and oxygen atoms in total. The lowest BCUT2D eigenvalue weighted by Crippen LogP contribution is -2.27. The van der Waals surface area contributed by atoms with Crippen LogP contribution in [0.2, 0.25) is 4.34 Å². The van der Waals surface area contributed by atoms with E-state index in [2.05, 4.69) is 15.9 Å². The number of rotatable bonds is 5. The molecular formula is C10H13BrClNO2S. The van der Waals surface area contributed by atoms with Crippen LogP contribution >= 0.6 is 38.9 Å². The third kappa shape index (κ3) is 4.05. The number of thiophene rings is 1. The van der Waals surface area contributed by atoms with Crippen LogP contribution in [0.1, 0.15) is 11.8 Å². The zero-order chi connectivity index (χ0) is 12.3. The van der Waals surface area contributed by atoms with Gasteiger partial charge in [0.05, 0.1) is 5.92 Å². The molecule has 0 amide bonds. The van der Waals surface area contributed by atoms with Crippen LogP contribution in [0.3, 0.4) is 0 Å². The van der Waals surface area contributed by atoms with Crippen molar-refractivity contribution < 1.29 is 9.90 Å². The lowest BCUT2D eigenvalue weighted by Gasteiger charge is -2.17. The van der Waals surface area contributed by atoms with Crippen LogP contribution < -0.4 is 0 Å². The minimum atomic E-state index is -0.766. The lowest BCUT2D eigenvalue weighted by atomic mass is 10.2. The van der Waals surface area contributed by atoms with Gasteiger partial charge in [-0.1, -0.05) is 18.5 Å². The van der Waals surface area contributed by atoms with Gasteiger partial charge < -0.3 is 10.0 Å². The Balaban J connectivity index is 2.51. The maximum absolute atomic E-state index is 10.7. The van der Waals surface area contributed by atoms with E-state index in [1.165, 1.54) is 11.3 Å². The fourth-order valence-electron chi connectivity index (χ4n) is 1.35. The van der Waals surface area contributed by atoms with E-state index in [0.717, 1.165) is 13.7 Å². The van der Waals surface area contributed by atoms with Crippen LogP contribution in [0, 0.1) is 5.92 Å². The Morgan fingerprint density at radius 2 is 2.38 bits per heavy atom. The van der Waals surface area contributed by atoms with Gasteiger partial charge in [0.25, 0.3) is 0 Å². The summed E-state index contributed by atoms with van der Waals surface area (Å²) in [6, 6.07) is 1.97. The van der Waals surface area contributed by atoms with Crippen molar-refractivity contribution in [2.75, 3.05) is 13.6 Å². The number of hydrogen-bond donors (Lipinski definition) is 1. The van der Waals surface area contributed by atoms with Gasteiger partial charge >= 0.3 is 5.97 Å². The minimum absolute atomic E-state index is 0.358. The summed E-state index contributed by atoms with van der Waals surface area (Å²) in [7, 11) is 1.90. The summed E-state index contributed by atoms with van der Waals surface area (Å²) >= 11 is 10.8. The molecule has 0 saturated heterocycles. The van der Waals surface area contributed by atoms with Crippen LogP contribution in [0.25, 0.3) is 0 Å². The Hall–Kier alpha value is -0.100. The van der Waals surface area contributed by atoms with Crippen LogP contribution in [-0.4, -0.2) is 29.6 Å². The van der Waals surface area contributed by atoms with Crippen LogP contribution in [0.15, 0.2) is 10.5 Å². The Kier molecular flexibility index (Phi) is 5.24. The Bertz CT molecular complexity index is 363. The smallest absolute Gasteiger partial charge is 0.307 e. The molecule has 1 aromatic rings. The monoisotopic (exact) mass is 325 g/mol. The number of aliphatic carboxylic acids is 1. The zero-order valence-electron chi connectivity index (χ0n) is 9.04. The van der Waals surface area contributed by atoms with Gasteiger partial charge in [-0.2, -0.15) is 0 Å². The number of nitrogens with zero attached hydrogens (tertiary/aromatic N) is 1. The van der Waals surface area contributed by atoms with Crippen molar-refractivity contribution in [2.24, 2.45) is 5.92 Å². The molecule has 1 N–H and O–H groups in total. The molecule has 0 aliphatic rings. The number of carbonyl (C=O) groups is 1. The van der Waals surface area contributed by atoms with Crippen molar-refractivity contribution in [3.8, 4) is 0 Å². The average Bonchev–Trinajstić information content (AvgIpc) is 2.45. The largest absolute Gasteiger partial charge is 0.481 e.